The molecule has 2 aliphatic rings. The van der Waals surface area contributed by atoms with Crippen LogP contribution in [0.5, 0.6) is 11.5 Å². The van der Waals surface area contributed by atoms with Crippen LogP contribution in [0.4, 0.5) is 0 Å². The zero-order chi connectivity index (χ0) is 18.2. The number of carbonyl (C=O) groups is 2. The van der Waals surface area contributed by atoms with Crippen molar-refractivity contribution in [3.63, 3.8) is 0 Å². The van der Waals surface area contributed by atoms with Crippen LogP contribution in [0.3, 0.4) is 0 Å². The van der Waals surface area contributed by atoms with Gasteiger partial charge in [0.2, 0.25) is 0 Å². The molecule has 2 fully saturated rings. The molecular weight excluding hydrogens is 332 g/mol. The Morgan fingerprint density at radius 2 is 2.16 bits per heavy atom. The summed E-state index contributed by atoms with van der Waals surface area (Å²) in [4.78, 5) is 23.5. The maximum Gasteiger partial charge on any atom is 0.338 e. The highest BCUT2D eigenvalue weighted by Crippen LogP contribution is 2.39. The van der Waals surface area contributed by atoms with Crippen LogP contribution in [0, 0.1) is 0 Å². The van der Waals surface area contributed by atoms with Crippen LogP contribution in [-0.4, -0.2) is 58.3 Å². The first-order valence-corrected chi connectivity index (χ1v) is 7.69. The predicted octanol–water partition coefficient (Wildman–Crippen LogP) is 0.137. The Hall–Kier alpha value is -2.58. The van der Waals surface area contributed by atoms with Gasteiger partial charge in [-0.25, -0.2) is 9.59 Å². The van der Waals surface area contributed by atoms with E-state index in [2.05, 4.69) is 0 Å². The van der Waals surface area contributed by atoms with Gasteiger partial charge in [0.25, 0.3) is 0 Å². The lowest BCUT2D eigenvalue weighted by Gasteiger charge is -2.32. The van der Waals surface area contributed by atoms with Crippen molar-refractivity contribution in [3.05, 3.63) is 29.8 Å². The number of carbonyl (C=O) groups excluding carboxylic acids is 2. The standard InChI is InChI=1S/C17H18O8/c1-23-11-6-9(2-4-10(11)18)3-5-14(19)24-12-7-17(22)8-13(15(12)20)25-16(17)21/h2-6,12-13,15,18,20,22H,7-8H2,1H3/t12?,13?,15-,17+/m1/s1. The number of phenolic OH excluding ortho intramolecular Hbond substituents is 1. The van der Waals surface area contributed by atoms with Crippen LogP contribution in [0.25, 0.3) is 6.08 Å². The van der Waals surface area contributed by atoms with Gasteiger partial charge in [0.15, 0.2) is 17.1 Å². The van der Waals surface area contributed by atoms with E-state index in [1.807, 2.05) is 0 Å². The average molecular weight is 350 g/mol. The van der Waals surface area contributed by atoms with E-state index in [0.717, 1.165) is 6.08 Å². The van der Waals surface area contributed by atoms with E-state index in [1.54, 1.807) is 6.07 Å². The number of benzene rings is 1. The summed E-state index contributed by atoms with van der Waals surface area (Å²) in [6.07, 6.45) is -0.735. The van der Waals surface area contributed by atoms with E-state index < -0.39 is 35.9 Å². The lowest BCUT2D eigenvalue weighted by atomic mass is 9.82. The number of aliphatic hydroxyl groups is 2. The number of aromatic hydroxyl groups is 1. The molecule has 8 heteroatoms. The molecule has 8 nitrogen and oxygen atoms in total. The molecule has 0 amide bonds. The van der Waals surface area contributed by atoms with E-state index in [1.165, 1.54) is 25.3 Å². The Morgan fingerprint density at radius 3 is 2.88 bits per heavy atom. The van der Waals surface area contributed by atoms with Crippen LogP contribution in [0.1, 0.15) is 18.4 Å². The van der Waals surface area contributed by atoms with E-state index >= 15 is 0 Å². The van der Waals surface area contributed by atoms with Gasteiger partial charge in [-0.2, -0.15) is 0 Å². The molecule has 1 heterocycles. The molecule has 1 aliphatic heterocycles. The quantitative estimate of drug-likeness (QED) is 0.518. The first-order chi connectivity index (χ1) is 11.8. The third kappa shape index (κ3) is 3.31. The summed E-state index contributed by atoms with van der Waals surface area (Å²) in [6.45, 7) is 0. The fourth-order valence-electron chi connectivity index (χ4n) is 3.02. The number of hydrogen-bond acceptors (Lipinski definition) is 8. The van der Waals surface area contributed by atoms with E-state index in [-0.39, 0.29) is 24.3 Å². The summed E-state index contributed by atoms with van der Waals surface area (Å²) in [5, 5.41) is 29.8. The first-order valence-electron chi connectivity index (χ1n) is 7.69. The van der Waals surface area contributed by atoms with Gasteiger partial charge in [-0.3, -0.25) is 0 Å². The molecule has 1 aromatic rings. The maximum absolute atomic E-state index is 12.0. The van der Waals surface area contributed by atoms with Gasteiger partial charge in [-0.15, -0.1) is 0 Å². The molecule has 1 saturated heterocycles. The molecule has 1 aromatic carbocycles. The van der Waals surface area contributed by atoms with Crippen molar-refractivity contribution in [1.82, 2.24) is 0 Å². The second-order valence-corrected chi connectivity index (χ2v) is 6.11. The van der Waals surface area contributed by atoms with Crippen LogP contribution in [-0.2, 0) is 19.1 Å². The minimum atomic E-state index is -1.72. The third-order valence-electron chi connectivity index (χ3n) is 4.36. The van der Waals surface area contributed by atoms with E-state index in [0.29, 0.717) is 5.56 Å². The minimum Gasteiger partial charge on any atom is -0.504 e. The van der Waals surface area contributed by atoms with E-state index in [9.17, 15) is 24.9 Å². The summed E-state index contributed by atoms with van der Waals surface area (Å²) in [6, 6.07) is 4.53. The molecule has 0 aromatic heterocycles. The van der Waals surface area contributed by atoms with Crippen molar-refractivity contribution in [2.75, 3.05) is 7.11 Å². The van der Waals surface area contributed by atoms with Crippen molar-refractivity contribution in [1.29, 1.82) is 0 Å². The van der Waals surface area contributed by atoms with Gasteiger partial charge in [-0.1, -0.05) is 6.07 Å². The summed E-state index contributed by atoms with van der Waals surface area (Å²) < 4.78 is 15.0. The third-order valence-corrected chi connectivity index (χ3v) is 4.36. The van der Waals surface area contributed by atoms with Gasteiger partial charge in [0.1, 0.15) is 18.3 Å². The number of esters is 2. The fourth-order valence-corrected chi connectivity index (χ4v) is 3.02. The molecule has 2 unspecified atom stereocenters. The molecule has 25 heavy (non-hydrogen) atoms. The van der Waals surface area contributed by atoms with Gasteiger partial charge in [-0.05, 0) is 23.8 Å². The molecular formula is C17H18O8. The zero-order valence-corrected chi connectivity index (χ0v) is 13.4. The highest BCUT2D eigenvalue weighted by atomic mass is 16.6. The molecule has 1 aliphatic carbocycles. The van der Waals surface area contributed by atoms with Crippen molar-refractivity contribution in [3.8, 4) is 11.5 Å². The highest BCUT2D eigenvalue weighted by molar-refractivity contribution is 5.87. The van der Waals surface area contributed by atoms with Crippen LogP contribution < -0.4 is 4.74 Å². The SMILES string of the molecule is COc1cc(C=CC(=O)OC2C[C@]3(O)CC(OC3=O)[C@@H]2O)ccc1O. The van der Waals surface area contributed by atoms with Crippen molar-refractivity contribution >= 4 is 18.0 Å². The molecule has 3 N–H and O–H groups in total. The van der Waals surface area contributed by atoms with Crippen LogP contribution in [0.2, 0.25) is 0 Å². The molecule has 4 atom stereocenters. The topological polar surface area (TPSA) is 123 Å². The lowest BCUT2D eigenvalue weighted by Crippen LogP contribution is -2.50. The second kappa shape index (κ2) is 6.38. The number of rotatable bonds is 4. The van der Waals surface area contributed by atoms with Crippen molar-refractivity contribution in [2.45, 2.75) is 36.8 Å². The number of fused-ring (bicyclic) bond motifs is 2. The summed E-state index contributed by atoms with van der Waals surface area (Å²) in [5.41, 5.74) is -1.13. The molecule has 3 rings (SSSR count). The van der Waals surface area contributed by atoms with Gasteiger partial charge in [0.05, 0.1) is 7.11 Å². The maximum atomic E-state index is 12.0. The van der Waals surface area contributed by atoms with Crippen molar-refractivity contribution in [2.24, 2.45) is 0 Å². The Kier molecular flexibility index (Phi) is 4.40. The smallest absolute Gasteiger partial charge is 0.338 e. The summed E-state index contributed by atoms with van der Waals surface area (Å²) in [7, 11) is 1.41. The molecule has 0 radical (unpaired) electrons. The van der Waals surface area contributed by atoms with Crippen LogP contribution in [0.15, 0.2) is 24.3 Å². The predicted molar refractivity (Wildman–Crippen MR) is 83.6 cm³/mol. The van der Waals surface area contributed by atoms with Crippen LogP contribution >= 0.6 is 0 Å². The van der Waals surface area contributed by atoms with Gasteiger partial charge < -0.3 is 29.5 Å². The van der Waals surface area contributed by atoms with Crippen molar-refractivity contribution < 1.29 is 39.1 Å². The fraction of sp³-hybridized carbons (Fsp3) is 0.412. The summed E-state index contributed by atoms with van der Waals surface area (Å²) >= 11 is 0. The number of aliphatic hydroxyl groups excluding tert-OH is 1. The Balaban J connectivity index is 1.65. The number of methoxy groups -OCH3 is 1. The molecule has 2 bridgehead atoms. The van der Waals surface area contributed by atoms with Gasteiger partial charge in [0, 0.05) is 18.9 Å². The monoisotopic (exact) mass is 350 g/mol. The number of ether oxygens (including phenoxy) is 3. The second-order valence-electron chi connectivity index (χ2n) is 6.11. The number of hydrogen-bond donors (Lipinski definition) is 3. The average Bonchev–Trinajstić information content (AvgIpc) is 2.83. The Bertz CT molecular complexity index is 727. The molecule has 134 valence electrons. The first kappa shape index (κ1) is 17.2. The largest absolute Gasteiger partial charge is 0.504 e. The normalized spacial score (nSPS) is 31.0. The minimum absolute atomic E-state index is 0.00973. The van der Waals surface area contributed by atoms with E-state index in [4.69, 9.17) is 14.2 Å². The zero-order valence-electron chi connectivity index (χ0n) is 13.4. The van der Waals surface area contributed by atoms with Gasteiger partial charge >= 0.3 is 11.9 Å². The lowest BCUT2D eigenvalue weighted by molar-refractivity contribution is -0.162. The summed E-state index contributed by atoms with van der Waals surface area (Å²) in [5.74, 6) is -1.32. The molecule has 1 saturated carbocycles. The number of phenols is 1. The highest BCUT2D eigenvalue weighted by Gasteiger charge is 2.58. The Morgan fingerprint density at radius 1 is 1.40 bits per heavy atom. The Labute approximate surface area is 143 Å². The molecule has 0 spiro atoms.